The largest absolute Gasteiger partial charge is 0.383 e. The number of aryl methyl sites for hydroxylation is 1. The number of nitrogens with one attached hydrogen (secondary N) is 1. The van der Waals surface area contributed by atoms with Gasteiger partial charge in [0, 0.05) is 13.0 Å². The van der Waals surface area contributed by atoms with E-state index < -0.39 is 11.2 Å². The van der Waals surface area contributed by atoms with Crippen LogP contribution in [0, 0.1) is 0 Å². The number of rotatable bonds is 9. The average molecular weight is 421 g/mol. The maximum absolute atomic E-state index is 13.1. The number of anilines is 2. The number of H-pyrrole nitrogens is 1. The molecule has 1 heterocycles. The highest BCUT2D eigenvalue weighted by Crippen LogP contribution is 2.20. The summed E-state index contributed by atoms with van der Waals surface area (Å²) in [5, 5.41) is 0. The second-order valence-corrected chi connectivity index (χ2v) is 7.45. The summed E-state index contributed by atoms with van der Waals surface area (Å²) < 4.78 is 1.30. The Kier molecular flexibility index (Phi) is 7.43. The van der Waals surface area contributed by atoms with Crippen LogP contribution in [0.1, 0.15) is 37.3 Å². The van der Waals surface area contributed by atoms with Crippen molar-refractivity contribution in [1.82, 2.24) is 9.55 Å². The molecule has 0 atom stereocenters. The lowest BCUT2D eigenvalue weighted by Gasteiger charge is -2.24. The van der Waals surface area contributed by atoms with Crippen LogP contribution in [0.25, 0.3) is 0 Å². The number of aromatic amines is 1. The molecule has 0 saturated heterocycles. The van der Waals surface area contributed by atoms with Gasteiger partial charge >= 0.3 is 5.69 Å². The minimum Gasteiger partial charge on any atom is -0.383 e. The summed E-state index contributed by atoms with van der Waals surface area (Å²) in [6.45, 7) is 2.58. The SMILES string of the molecule is CCCCN(C(=O)CCc1ccccc1)c1c(N)n(Cc2ccccc2)c(=O)[nH]c1=O. The van der Waals surface area contributed by atoms with E-state index in [0.29, 0.717) is 19.4 Å². The van der Waals surface area contributed by atoms with Crippen LogP contribution in [0.2, 0.25) is 0 Å². The number of nitrogens with zero attached hydrogens (tertiary/aromatic N) is 2. The molecule has 7 heteroatoms. The summed E-state index contributed by atoms with van der Waals surface area (Å²) in [7, 11) is 0. The fourth-order valence-corrected chi connectivity index (χ4v) is 3.47. The van der Waals surface area contributed by atoms with Crippen molar-refractivity contribution < 1.29 is 4.79 Å². The van der Waals surface area contributed by atoms with E-state index in [0.717, 1.165) is 17.5 Å². The molecule has 1 aromatic heterocycles. The molecular formula is C24H28N4O3. The van der Waals surface area contributed by atoms with Crippen LogP contribution < -0.4 is 21.9 Å². The first-order valence-corrected chi connectivity index (χ1v) is 10.5. The molecule has 0 saturated carbocycles. The molecule has 0 bridgehead atoms. The summed E-state index contributed by atoms with van der Waals surface area (Å²) in [6, 6.07) is 19.1. The molecule has 0 aliphatic rings. The summed E-state index contributed by atoms with van der Waals surface area (Å²) in [5.41, 5.74) is 7.01. The summed E-state index contributed by atoms with van der Waals surface area (Å²) in [6.07, 6.45) is 2.37. The van der Waals surface area contributed by atoms with Gasteiger partial charge in [0.1, 0.15) is 5.82 Å². The van der Waals surface area contributed by atoms with Crippen LogP contribution in [0.4, 0.5) is 11.5 Å². The smallest absolute Gasteiger partial charge is 0.330 e. The van der Waals surface area contributed by atoms with Crippen molar-refractivity contribution in [3.05, 3.63) is 92.6 Å². The van der Waals surface area contributed by atoms with E-state index >= 15 is 0 Å². The van der Waals surface area contributed by atoms with E-state index in [1.807, 2.05) is 67.6 Å². The molecule has 7 nitrogen and oxygen atoms in total. The second-order valence-electron chi connectivity index (χ2n) is 7.45. The summed E-state index contributed by atoms with van der Waals surface area (Å²) in [4.78, 5) is 42.0. The van der Waals surface area contributed by atoms with Crippen molar-refractivity contribution in [2.45, 2.75) is 39.2 Å². The van der Waals surface area contributed by atoms with Gasteiger partial charge in [-0.3, -0.25) is 19.1 Å². The van der Waals surface area contributed by atoms with Gasteiger partial charge < -0.3 is 10.6 Å². The predicted octanol–water partition coefficient (Wildman–Crippen LogP) is 2.93. The van der Waals surface area contributed by atoms with E-state index in [2.05, 4.69) is 4.98 Å². The van der Waals surface area contributed by atoms with Crippen LogP contribution in [-0.4, -0.2) is 22.0 Å². The lowest BCUT2D eigenvalue weighted by molar-refractivity contribution is -0.118. The van der Waals surface area contributed by atoms with Crippen LogP contribution in [-0.2, 0) is 17.8 Å². The van der Waals surface area contributed by atoms with Crippen LogP contribution in [0.5, 0.6) is 0 Å². The normalized spacial score (nSPS) is 10.7. The van der Waals surface area contributed by atoms with Gasteiger partial charge in [-0.1, -0.05) is 74.0 Å². The van der Waals surface area contributed by atoms with Gasteiger partial charge in [0.05, 0.1) is 6.54 Å². The average Bonchev–Trinajstić information content (AvgIpc) is 2.78. The Bertz CT molecular complexity index is 1120. The maximum Gasteiger partial charge on any atom is 0.330 e. The molecular weight excluding hydrogens is 392 g/mol. The molecule has 162 valence electrons. The summed E-state index contributed by atoms with van der Waals surface area (Å²) in [5.74, 6) is -0.193. The number of hydrogen-bond donors (Lipinski definition) is 2. The first-order valence-electron chi connectivity index (χ1n) is 10.5. The Morgan fingerprint density at radius 1 is 1.00 bits per heavy atom. The monoisotopic (exact) mass is 420 g/mol. The molecule has 0 aliphatic heterocycles. The lowest BCUT2D eigenvalue weighted by Crippen LogP contribution is -2.41. The third-order valence-electron chi connectivity index (χ3n) is 5.17. The zero-order chi connectivity index (χ0) is 22.2. The van der Waals surface area contributed by atoms with Gasteiger partial charge in [-0.15, -0.1) is 0 Å². The minimum atomic E-state index is -0.643. The van der Waals surface area contributed by atoms with Gasteiger partial charge in [-0.25, -0.2) is 4.79 Å². The number of carbonyl (C=O) groups is 1. The van der Waals surface area contributed by atoms with E-state index in [1.165, 1.54) is 9.47 Å². The molecule has 1 amide bonds. The van der Waals surface area contributed by atoms with E-state index in [9.17, 15) is 14.4 Å². The molecule has 31 heavy (non-hydrogen) atoms. The van der Waals surface area contributed by atoms with Crippen LogP contribution >= 0.6 is 0 Å². The molecule has 3 N–H and O–H groups in total. The number of aromatic nitrogens is 2. The molecule has 3 rings (SSSR count). The Balaban J connectivity index is 1.94. The fraction of sp³-hybridized carbons (Fsp3) is 0.292. The number of hydrogen-bond acceptors (Lipinski definition) is 4. The molecule has 0 unspecified atom stereocenters. The van der Waals surface area contributed by atoms with Crippen molar-refractivity contribution >= 4 is 17.4 Å². The second kappa shape index (κ2) is 10.4. The Morgan fingerprint density at radius 2 is 1.61 bits per heavy atom. The number of unbranched alkanes of at least 4 members (excludes halogenated alkanes) is 1. The van der Waals surface area contributed by atoms with Crippen LogP contribution in [0.3, 0.4) is 0 Å². The maximum atomic E-state index is 13.1. The van der Waals surface area contributed by atoms with Gasteiger partial charge in [-0.05, 0) is 24.0 Å². The van der Waals surface area contributed by atoms with E-state index in [-0.39, 0.29) is 30.4 Å². The fourth-order valence-electron chi connectivity index (χ4n) is 3.47. The van der Waals surface area contributed by atoms with Crippen LogP contribution in [0.15, 0.2) is 70.3 Å². The highest BCUT2D eigenvalue weighted by molar-refractivity contribution is 5.95. The quantitative estimate of drug-likeness (QED) is 0.556. The predicted molar refractivity (Wildman–Crippen MR) is 123 cm³/mol. The standard InChI is InChI=1S/C24H28N4O3/c1-2-3-16-27(20(29)15-14-18-10-6-4-7-11-18)21-22(25)28(24(31)26-23(21)30)17-19-12-8-5-9-13-19/h4-13H,2-3,14-17,25H2,1H3,(H,26,30,31). The van der Waals surface area contributed by atoms with Crippen molar-refractivity contribution in [1.29, 1.82) is 0 Å². The third-order valence-corrected chi connectivity index (χ3v) is 5.17. The summed E-state index contributed by atoms with van der Waals surface area (Å²) >= 11 is 0. The first-order chi connectivity index (χ1) is 15.0. The van der Waals surface area contributed by atoms with Gasteiger partial charge in [-0.2, -0.15) is 0 Å². The Morgan fingerprint density at radius 3 is 2.23 bits per heavy atom. The topological polar surface area (TPSA) is 101 Å². The van der Waals surface area contributed by atoms with Crippen molar-refractivity contribution in [2.75, 3.05) is 17.2 Å². The molecule has 0 radical (unpaired) electrons. The molecule has 3 aromatic rings. The van der Waals surface area contributed by atoms with E-state index in [1.54, 1.807) is 0 Å². The van der Waals surface area contributed by atoms with Gasteiger partial charge in [0.15, 0.2) is 5.69 Å². The number of nitrogen functional groups attached to an aromatic ring is 1. The van der Waals surface area contributed by atoms with Gasteiger partial charge in [0.2, 0.25) is 5.91 Å². The Hall–Kier alpha value is -3.61. The van der Waals surface area contributed by atoms with Crippen molar-refractivity contribution in [2.24, 2.45) is 0 Å². The lowest BCUT2D eigenvalue weighted by atomic mass is 10.1. The molecule has 0 fully saturated rings. The molecule has 0 aliphatic carbocycles. The molecule has 0 spiro atoms. The number of amides is 1. The number of carbonyl (C=O) groups excluding carboxylic acids is 1. The highest BCUT2D eigenvalue weighted by Gasteiger charge is 2.23. The molecule has 2 aromatic carbocycles. The number of benzene rings is 2. The number of nitrogens with two attached hydrogens (primary N) is 1. The van der Waals surface area contributed by atoms with E-state index in [4.69, 9.17) is 5.73 Å². The van der Waals surface area contributed by atoms with Gasteiger partial charge in [0.25, 0.3) is 5.56 Å². The first kappa shape index (κ1) is 22.1. The Labute approximate surface area is 181 Å². The van der Waals surface area contributed by atoms with Crippen molar-refractivity contribution in [3.63, 3.8) is 0 Å². The van der Waals surface area contributed by atoms with Crippen molar-refractivity contribution in [3.8, 4) is 0 Å². The minimum absolute atomic E-state index is 0.00164. The zero-order valence-corrected chi connectivity index (χ0v) is 17.7. The highest BCUT2D eigenvalue weighted by atomic mass is 16.2. The zero-order valence-electron chi connectivity index (χ0n) is 17.7. The third kappa shape index (κ3) is 5.51.